The van der Waals surface area contributed by atoms with Crippen LogP contribution in [-0.4, -0.2) is 54.3 Å². The number of nitrogens with zero attached hydrogens (tertiary/aromatic N) is 1. The molecule has 33 heavy (non-hydrogen) atoms. The molecular weight excluding hydrogens is 443 g/mol. The van der Waals surface area contributed by atoms with Crippen LogP contribution in [0.3, 0.4) is 0 Å². The predicted octanol–water partition coefficient (Wildman–Crippen LogP) is 3.02. The van der Waals surface area contributed by atoms with Crippen molar-refractivity contribution in [2.24, 2.45) is 5.92 Å². The molecule has 2 aliphatic heterocycles. The number of fused-ring (bicyclic) bond motifs is 2. The molecule has 2 aromatic carbocycles. The minimum absolute atomic E-state index is 0.0728. The highest BCUT2D eigenvalue weighted by Gasteiger charge is 2.54. The minimum Gasteiger partial charge on any atom is -0.381 e. The predicted molar refractivity (Wildman–Crippen MR) is 125 cm³/mol. The summed E-state index contributed by atoms with van der Waals surface area (Å²) in [5.74, 6) is -0.772. The maximum absolute atomic E-state index is 15.7. The van der Waals surface area contributed by atoms with E-state index in [-0.39, 0.29) is 24.2 Å². The summed E-state index contributed by atoms with van der Waals surface area (Å²) in [5, 5.41) is 10.4. The SMILES string of the molecule is Cc1cccc(-c2cccc(C[C@H]3[C@@H](NS(C)(=O)=O)C4CC(C4)N3C(=O)C(C)(C)O)c2F)c1. The highest BCUT2D eigenvalue weighted by molar-refractivity contribution is 7.88. The monoisotopic (exact) mass is 474 g/mol. The summed E-state index contributed by atoms with van der Waals surface area (Å²) in [6.07, 6.45) is 2.57. The third kappa shape index (κ3) is 4.83. The molecule has 8 heteroatoms. The summed E-state index contributed by atoms with van der Waals surface area (Å²) < 4.78 is 42.7. The van der Waals surface area contributed by atoms with Gasteiger partial charge in [0.15, 0.2) is 0 Å². The average Bonchev–Trinajstić information content (AvgIpc) is 2.67. The first-order chi connectivity index (χ1) is 15.3. The van der Waals surface area contributed by atoms with Crippen LogP contribution in [-0.2, 0) is 21.2 Å². The van der Waals surface area contributed by atoms with Crippen LogP contribution >= 0.6 is 0 Å². The molecule has 3 aliphatic rings. The van der Waals surface area contributed by atoms with Gasteiger partial charge in [-0.15, -0.1) is 0 Å². The van der Waals surface area contributed by atoms with Gasteiger partial charge in [-0.2, -0.15) is 0 Å². The molecule has 0 aromatic heterocycles. The van der Waals surface area contributed by atoms with Crippen molar-refractivity contribution < 1.29 is 22.7 Å². The Hall–Kier alpha value is -2.29. The van der Waals surface area contributed by atoms with Crippen LogP contribution in [0.4, 0.5) is 4.39 Å². The van der Waals surface area contributed by atoms with E-state index in [1.807, 2.05) is 31.2 Å². The quantitative estimate of drug-likeness (QED) is 0.674. The third-order valence-electron chi connectivity index (χ3n) is 6.77. The number of hydrogen-bond acceptors (Lipinski definition) is 4. The molecule has 0 spiro atoms. The standard InChI is InChI=1S/C25H31FN2O4S/c1-15-7-5-8-16(11-15)20-10-6-9-17(22(20)26)14-21-23(27-33(4,31)32)18-12-19(13-18)28(21)24(29)25(2,3)30/h5-11,18-19,21,23,27,30H,12-14H2,1-4H3/t18?,19?,21-,23-/m0/s1. The summed E-state index contributed by atoms with van der Waals surface area (Å²) in [4.78, 5) is 14.8. The van der Waals surface area contributed by atoms with Gasteiger partial charge in [0, 0.05) is 17.6 Å². The maximum Gasteiger partial charge on any atom is 0.254 e. The van der Waals surface area contributed by atoms with Crippen LogP contribution in [0.25, 0.3) is 11.1 Å². The molecule has 0 unspecified atom stereocenters. The Labute approximate surface area is 194 Å². The van der Waals surface area contributed by atoms with E-state index in [0.29, 0.717) is 24.0 Å². The van der Waals surface area contributed by atoms with E-state index in [0.717, 1.165) is 17.4 Å². The van der Waals surface area contributed by atoms with E-state index in [1.54, 1.807) is 23.1 Å². The van der Waals surface area contributed by atoms with Gasteiger partial charge in [-0.3, -0.25) is 4.79 Å². The van der Waals surface area contributed by atoms with Gasteiger partial charge >= 0.3 is 0 Å². The number of halogens is 1. The molecule has 0 radical (unpaired) electrons. The molecule has 2 N–H and O–H groups in total. The van der Waals surface area contributed by atoms with Crippen molar-refractivity contribution in [3.05, 3.63) is 59.4 Å². The summed E-state index contributed by atoms with van der Waals surface area (Å²) in [6.45, 7) is 4.80. The van der Waals surface area contributed by atoms with Crippen LogP contribution in [0.15, 0.2) is 42.5 Å². The van der Waals surface area contributed by atoms with Crippen molar-refractivity contribution in [3.63, 3.8) is 0 Å². The Balaban J connectivity index is 1.74. The van der Waals surface area contributed by atoms with E-state index in [9.17, 15) is 18.3 Å². The molecule has 178 valence electrons. The molecule has 1 aliphatic carbocycles. The molecule has 1 saturated carbocycles. The molecule has 6 nitrogen and oxygen atoms in total. The topological polar surface area (TPSA) is 86.7 Å². The van der Waals surface area contributed by atoms with Crippen LogP contribution in [0.2, 0.25) is 0 Å². The van der Waals surface area contributed by atoms with Crippen molar-refractivity contribution in [2.75, 3.05) is 6.26 Å². The van der Waals surface area contributed by atoms with E-state index in [2.05, 4.69) is 4.72 Å². The summed E-state index contributed by atoms with van der Waals surface area (Å²) >= 11 is 0. The van der Waals surface area contributed by atoms with Crippen LogP contribution in [0, 0.1) is 18.7 Å². The van der Waals surface area contributed by atoms with Crippen molar-refractivity contribution >= 4 is 15.9 Å². The lowest BCUT2D eigenvalue weighted by Gasteiger charge is -2.58. The number of hydrogen-bond donors (Lipinski definition) is 2. The Morgan fingerprint density at radius 3 is 2.48 bits per heavy atom. The minimum atomic E-state index is -3.55. The lowest BCUT2D eigenvalue weighted by molar-refractivity contribution is -0.166. The van der Waals surface area contributed by atoms with Gasteiger partial charge in [0.2, 0.25) is 10.0 Å². The Morgan fingerprint density at radius 2 is 1.88 bits per heavy atom. The van der Waals surface area contributed by atoms with Gasteiger partial charge in [-0.05, 0) is 57.1 Å². The van der Waals surface area contributed by atoms with Gasteiger partial charge in [-0.25, -0.2) is 17.5 Å². The number of benzene rings is 2. The summed E-state index contributed by atoms with van der Waals surface area (Å²) in [6, 6.07) is 11.5. The van der Waals surface area contributed by atoms with E-state index >= 15 is 4.39 Å². The van der Waals surface area contributed by atoms with Crippen molar-refractivity contribution in [1.29, 1.82) is 0 Å². The Kier molecular flexibility index (Phi) is 6.14. The first kappa shape index (κ1) is 23.9. The summed E-state index contributed by atoms with van der Waals surface area (Å²) in [7, 11) is -3.55. The smallest absolute Gasteiger partial charge is 0.254 e. The molecule has 1 amide bonds. The van der Waals surface area contributed by atoms with E-state index < -0.39 is 33.6 Å². The number of aryl methyl sites for hydroxylation is 1. The normalized spacial score (nSPS) is 25.0. The number of aliphatic hydroxyl groups is 1. The zero-order valence-electron chi connectivity index (χ0n) is 19.4. The van der Waals surface area contributed by atoms with Gasteiger partial charge in [0.05, 0.1) is 12.3 Å². The van der Waals surface area contributed by atoms with Gasteiger partial charge < -0.3 is 10.0 Å². The fourth-order valence-electron chi connectivity index (χ4n) is 5.19. The fraction of sp³-hybridized carbons (Fsp3) is 0.480. The zero-order chi connectivity index (χ0) is 24.1. The lowest BCUT2D eigenvalue weighted by atomic mass is 9.66. The number of amides is 1. The first-order valence-corrected chi connectivity index (χ1v) is 13.1. The van der Waals surface area contributed by atoms with E-state index in [1.165, 1.54) is 13.8 Å². The number of carbonyl (C=O) groups excluding carboxylic acids is 1. The molecule has 3 fully saturated rings. The molecule has 5 rings (SSSR count). The Morgan fingerprint density at radius 1 is 1.21 bits per heavy atom. The number of sulfonamides is 1. The van der Waals surface area contributed by atoms with E-state index in [4.69, 9.17) is 0 Å². The van der Waals surface area contributed by atoms with Crippen LogP contribution < -0.4 is 4.72 Å². The van der Waals surface area contributed by atoms with Crippen LogP contribution in [0.1, 0.15) is 37.8 Å². The molecule has 2 heterocycles. The number of rotatable bonds is 6. The lowest BCUT2D eigenvalue weighted by Crippen LogP contribution is -2.72. The molecule has 2 atom stereocenters. The number of nitrogens with one attached hydrogen (secondary N) is 1. The number of piperidine rings is 2. The van der Waals surface area contributed by atoms with Crippen LogP contribution in [0.5, 0.6) is 0 Å². The van der Waals surface area contributed by atoms with Gasteiger partial charge in [0.25, 0.3) is 5.91 Å². The fourth-order valence-corrected chi connectivity index (χ4v) is 6.03. The largest absolute Gasteiger partial charge is 0.381 e. The highest BCUT2D eigenvalue weighted by atomic mass is 32.2. The highest BCUT2D eigenvalue weighted by Crippen LogP contribution is 2.45. The van der Waals surface area contributed by atoms with Crippen molar-refractivity contribution in [3.8, 4) is 11.1 Å². The second-order valence-corrected chi connectivity index (χ2v) is 11.8. The maximum atomic E-state index is 15.7. The average molecular weight is 475 g/mol. The Bertz CT molecular complexity index is 1170. The molecule has 2 aromatic rings. The third-order valence-corrected chi connectivity index (χ3v) is 7.47. The summed E-state index contributed by atoms with van der Waals surface area (Å²) in [5.41, 5.74) is 1.04. The van der Waals surface area contributed by atoms with Crippen molar-refractivity contribution in [1.82, 2.24) is 9.62 Å². The van der Waals surface area contributed by atoms with Gasteiger partial charge in [-0.1, -0.05) is 48.0 Å². The second-order valence-electron chi connectivity index (χ2n) is 9.99. The molecular formula is C25H31FN2O4S. The van der Waals surface area contributed by atoms with Crippen molar-refractivity contribution in [2.45, 2.75) is 63.8 Å². The first-order valence-electron chi connectivity index (χ1n) is 11.2. The number of carbonyl (C=O) groups is 1. The van der Waals surface area contributed by atoms with Gasteiger partial charge in [0.1, 0.15) is 11.4 Å². The second kappa shape index (κ2) is 8.49. The molecule has 2 bridgehead atoms. The zero-order valence-corrected chi connectivity index (χ0v) is 20.2. The molecule has 2 saturated heterocycles.